The van der Waals surface area contributed by atoms with Crippen molar-refractivity contribution in [1.29, 1.82) is 0 Å². The maximum Gasteiger partial charge on any atom is 0.221 e. The van der Waals surface area contributed by atoms with E-state index in [0.29, 0.717) is 6.07 Å². The highest BCUT2D eigenvalue weighted by Crippen LogP contribution is 2.29. The van der Waals surface area contributed by atoms with Crippen LogP contribution in [0.5, 0.6) is 5.75 Å². The maximum absolute atomic E-state index is 13.2. The molecule has 6 heteroatoms. The number of rotatable bonds is 2. The van der Waals surface area contributed by atoms with E-state index >= 15 is 0 Å². The first-order valence-corrected chi connectivity index (χ1v) is 3.96. The minimum atomic E-state index is -1.47. The van der Waals surface area contributed by atoms with Gasteiger partial charge in [-0.25, -0.2) is 8.78 Å². The Hall–Kier alpha value is -1.72. The molecule has 0 aromatic heterocycles. The van der Waals surface area contributed by atoms with Crippen LogP contribution >= 0.6 is 0 Å². The molecule has 1 N–H and O–H groups in total. The van der Waals surface area contributed by atoms with Crippen molar-refractivity contribution in [2.24, 2.45) is 0 Å². The number of methoxy groups -OCH3 is 1. The van der Waals surface area contributed by atoms with E-state index in [9.17, 15) is 18.0 Å². The van der Waals surface area contributed by atoms with E-state index in [0.717, 1.165) is 14.0 Å². The fourth-order valence-corrected chi connectivity index (χ4v) is 1.05. The molecule has 0 fully saturated rings. The Morgan fingerprint density at radius 3 is 2.40 bits per heavy atom. The largest absolute Gasteiger partial charge is 0.491 e. The van der Waals surface area contributed by atoms with Crippen molar-refractivity contribution in [3.8, 4) is 5.75 Å². The minimum absolute atomic E-state index is 0.557. The molecular weight excluding hydrogens is 211 g/mol. The van der Waals surface area contributed by atoms with Crippen molar-refractivity contribution in [1.82, 2.24) is 0 Å². The summed E-state index contributed by atoms with van der Waals surface area (Å²) >= 11 is 0. The van der Waals surface area contributed by atoms with Gasteiger partial charge >= 0.3 is 0 Å². The number of benzene rings is 1. The molecule has 0 saturated carbocycles. The van der Waals surface area contributed by atoms with Crippen LogP contribution in [0.15, 0.2) is 6.07 Å². The summed E-state index contributed by atoms with van der Waals surface area (Å²) in [5.41, 5.74) is -0.557. The average Bonchev–Trinajstić information content (AvgIpc) is 2.14. The third kappa shape index (κ3) is 2.20. The van der Waals surface area contributed by atoms with Crippen molar-refractivity contribution in [3.05, 3.63) is 23.5 Å². The Labute approximate surface area is 83.8 Å². The predicted octanol–water partition coefficient (Wildman–Crippen LogP) is 2.07. The lowest BCUT2D eigenvalue weighted by Gasteiger charge is -2.08. The summed E-state index contributed by atoms with van der Waals surface area (Å²) in [6.45, 7) is 1.10. The molecule has 15 heavy (non-hydrogen) atoms. The second kappa shape index (κ2) is 4.20. The molecule has 0 saturated heterocycles. The van der Waals surface area contributed by atoms with E-state index in [4.69, 9.17) is 0 Å². The highest BCUT2D eigenvalue weighted by atomic mass is 19.2. The third-order valence-corrected chi connectivity index (χ3v) is 1.63. The number of anilines is 1. The standard InChI is InChI=1S/C9H8F3NO2/c1-4(14)13-6-3-5(10)9(15-2)8(12)7(6)11/h3H,1-2H3,(H,13,14). The van der Waals surface area contributed by atoms with E-state index in [1.54, 1.807) is 0 Å². The Morgan fingerprint density at radius 1 is 1.33 bits per heavy atom. The molecule has 0 radical (unpaired) electrons. The minimum Gasteiger partial charge on any atom is -0.491 e. The second-order valence-electron chi connectivity index (χ2n) is 2.75. The normalized spacial score (nSPS) is 9.93. The summed E-state index contributed by atoms with van der Waals surface area (Å²) < 4.78 is 43.6. The zero-order valence-electron chi connectivity index (χ0n) is 8.03. The van der Waals surface area contributed by atoms with Crippen molar-refractivity contribution in [3.63, 3.8) is 0 Å². The summed E-state index contributed by atoms with van der Waals surface area (Å²) in [7, 11) is 1.01. The van der Waals surface area contributed by atoms with Crippen LogP contribution < -0.4 is 10.1 Å². The highest BCUT2D eigenvalue weighted by Gasteiger charge is 2.19. The quantitative estimate of drug-likeness (QED) is 0.773. The van der Waals surface area contributed by atoms with Crippen LogP contribution in [-0.2, 0) is 4.79 Å². The molecule has 0 heterocycles. The molecule has 1 aromatic carbocycles. The number of carbonyl (C=O) groups excluding carboxylic acids is 1. The average molecular weight is 219 g/mol. The zero-order chi connectivity index (χ0) is 11.6. The highest BCUT2D eigenvalue weighted by molar-refractivity contribution is 5.88. The van der Waals surface area contributed by atoms with Crippen LogP contribution in [0.25, 0.3) is 0 Å². The van der Waals surface area contributed by atoms with Crippen LogP contribution in [-0.4, -0.2) is 13.0 Å². The summed E-state index contributed by atoms with van der Waals surface area (Å²) in [5, 5.41) is 1.96. The molecule has 1 amide bonds. The number of amides is 1. The topological polar surface area (TPSA) is 38.3 Å². The third-order valence-electron chi connectivity index (χ3n) is 1.63. The molecule has 0 bridgehead atoms. The van der Waals surface area contributed by atoms with Gasteiger partial charge in [-0.1, -0.05) is 0 Å². The number of carbonyl (C=O) groups is 1. The smallest absolute Gasteiger partial charge is 0.221 e. The SMILES string of the molecule is COc1c(F)cc(NC(C)=O)c(F)c1F. The van der Waals surface area contributed by atoms with Gasteiger partial charge in [-0.05, 0) is 0 Å². The van der Waals surface area contributed by atoms with E-state index in [1.165, 1.54) is 0 Å². The molecule has 1 aromatic rings. The molecule has 0 aliphatic heterocycles. The van der Waals surface area contributed by atoms with E-state index in [-0.39, 0.29) is 0 Å². The van der Waals surface area contributed by atoms with Gasteiger partial charge in [0.25, 0.3) is 0 Å². The molecule has 1 rings (SSSR count). The predicted molar refractivity (Wildman–Crippen MR) is 47.2 cm³/mol. The van der Waals surface area contributed by atoms with Gasteiger partial charge < -0.3 is 10.1 Å². The lowest BCUT2D eigenvalue weighted by molar-refractivity contribution is -0.114. The van der Waals surface area contributed by atoms with Crippen LogP contribution in [0.3, 0.4) is 0 Å². The van der Waals surface area contributed by atoms with Gasteiger partial charge in [-0.2, -0.15) is 4.39 Å². The van der Waals surface area contributed by atoms with Crippen molar-refractivity contribution in [2.45, 2.75) is 6.92 Å². The van der Waals surface area contributed by atoms with Gasteiger partial charge in [-0.3, -0.25) is 4.79 Å². The van der Waals surface area contributed by atoms with Gasteiger partial charge in [0.1, 0.15) is 0 Å². The molecule has 0 aliphatic carbocycles. The Morgan fingerprint density at radius 2 is 1.93 bits per heavy atom. The molecule has 82 valence electrons. The molecule has 3 nitrogen and oxygen atoms in total. The molecule has 0 aliphatic rings. The fourth-order valence-electron chi connectivity index (χ4n) is 1.05. The lowest BCUT2D eigenvalue weighted by atomic mass is 10.2. The number of nitrogens with one attached hydrogen (secondary N) is 1. The van der Waals surface area contributed by atoms with Gasteiger partial charge in [0, 0.05) is 13.0 Å². The Bertz CT molecular complexity index is 407. The summed E-state index contributed by atoms with van der Waals surface area (Å²) in [5.74, 6) is -5.36. The van der Waals surface area contributed by atoms with Crippen molar-refractivity contribution >= 4 is 11.6 Å². The number of hydrogen-bond acceptors (Lipinski definition) is 2. The summed E-state index contributed by atoms with van der Waals surface area (Å²) in [4.78, 5) is 10.6. The molecule has 0 spiro atoms. The lowest BCUT2D eigenvalue weighted by Crippen LogP contribution is -2.10. The second-order valence-corrected chi connectivity index (χ2v) is 2.75. The van der Waals surface area contributed by atoms with Gasteiger partial charge in [-0.15, -0.1) is 0 Å². The van der Waals surface area contributed by atoms with Crippen LogP contribution in [0.2, 0.25) is 0 Å². The van der Waals surface area contributed by atoms with Gasteiger partial charge in [0.15, 0.2) is 17.4 Å². The first-order valence-electron chi connectivity index (χ1n) is 3.96. The van der Waals surface area contributed by atoms with Crippen LogP contribution in [0, 0.1) is 17.5 Å². The summed E-state index contributed by atoms with van der Waals surface area (Å²) in [6.07, 6.45) is 0. The van der Waals surface area contributed by atoms with Crippen molar-refractivity contribution < 1.29 is 22.7 Å². The van der Waals surface area contributed by atoms with Crippen LogP contribution in [0.4, 0.5) is 18.9 Å². The fraction of sp³-hybridized carbons (Fsp3) is 0.222. The molecule has 0 unspecified atom stereocenters. The Balaban J connectivity index is 3.27. The van der Waals surface area contributed by atoms with E-state index in [1.807, 2.05) is 5.32 Å². The maximum atomic E-state index is 13.2. The molecule has 0 atom stereocenters. The zero-order valence-corrected chi connectivity index (χ0v) is 8.03. The number of halogens is 3. The van der Waals surface area contributed by atoms with Crippen molar-refractivity contribution in [2.75, 3.05) is 12.4 Å². The van der Waals surface area contributed by atoms with E-state index in [2.05, 4.69) is 4.74 Å². The first-order chi connectivity index (χ1) is 6.97. The monoisotopic (exact) mass is 219 g/mol. The number of ether oxygens (including phenoxy) is 1. The van der Waals surface area contributed by atoms with E-state index < -0.39 is 34.8 Å². The Kier molecular flexibility index (Phi) is 3.18. The number of hydrogen-bond donors (Lipinski definition) is 1. The first kappa shape index (κ1) is 11.4. The van der Waals surface area contributed by atoms with Crippen LogP contribution in [0.1, 0.15) is 6.92 Å². The molecular formula is C9H8F3NO2. The van der Waals surface area contributed by atoms with Gasteiger partial charge in [0.2, 0.25) is 11.7 Å². The summed E-state index contributed by atoms with van der Waals surface area (Å²) in [6, 6.07) is 0.651. The van der Waals surface area contributed by atoms with Gasteiger partial charge in [0.05, 0.1) is 12.8 Å².